The first-order valence-electron chi connectivity index (χ1n) is 3.19. The molecule has 0 rings (SSSR count). The van der Waals surface area contributed by atoms with Crippen molar-refractivity contribution in [3.8, 4) is 0 Å². The minimum Gasteiger partial charge on any atom is -0.310 e. The molecule has 0 aliphatic carbocycles. The van der Waals surface area contributed by atoms with Gasteiger partial charge in [-0.1, -0.05) is 25.5 Å². The third-order valence-electron chi connectivity index (χ3n) is 0.898. The fraction of sp³-hybridized carbons (Fsp3) is 0.667. The molecule has 0 heterocycles. The lowest BCUT2D eigenvalue weighted by atomic mass is 10.3. The fourth-order valence-electron chi connectivity index (χ4n) is 0.456. The Labute approximate surface area is 59.6 Å². The quantitative estimate of drug-likeness (QED) is 0.335. The molecule has 0 aliphatic rings. The van der Waals surface area contributed by atoms with Crippen LogP contribution in [0.15, 0.2) is 12.2 Å². The van der Waals surface area contributed by atoms with Crippen LogP contribution in [0.5, 0.6) is 0 Å². The average molecular weight is 145 g/mol. The zero-order chi connectivity index (χ0) is 7.82. The molecular formula is C6H11NO3. The van der Waals surface area contributed by atoms with Crippen LogP contribution in [-0.4, -0.2) is 11.7 Å². The highest BCUT2D eigenvalue weighted by Gasteiger charge is 1.87. The van der Waals surface area contributed by atoms with Gasteiger partial charge in [0.05, 0.1) is 0 Å². The number of hydrogen-bond acceptors (Lipinski definition) is 3. The van der Waals surface area contributed by atoms with Crippen molar-refractivity contribution in [3.63, 3.8) is 0 Å². The summed E-state index contributed by atoms with van der Waals surface area (Å²) in [4.78, 5) is 13.6. The summed E-state index contributed by atoms with van der Waals surface area (Å²) in [7, 11) is 0. The molecule has 0 atom stereocenters. The molecule has 0 N–H and O–H groups in total. The van der Waals surface area contributed by atoms with Crippen molar-refractivity contribution < 1.29 is 9.92 Å². The molecule has 0 saturated heterocycles. The molecule has 0 amide bonds. The Morgan fingerprint density at radius 2 is 2.30 bits per heavy atom. The summed E-state index contributed by atoms with van der Waals surface area (Å²) in [5, 5.41) is 8.79. The topological polar surface area (TPSA) is 52.4 Å². The first-order chi connectivity index (χ1) is 4.77. The molecule has 0 bridgehead atoms. The second kappa shape index (κ2) is 6.07. The van der Waals surface area contributed by atoms with Crippen LogP contribution in [-0.2, 0) is 4.84 Å². The van der Waals surface area contributed by atoms with Crippen molar-refractivity contribution in [3.05, 3.63) is 22.3 Å². The molecule has 0 aromatic carbocycles. The Morgan fingerprint density at radius 3 is 2.80 bits per heavy atom. The van der Waals surface area contributed by atoms with Gasteiger partial charge in [0.1, 0.15) is 6.61 Å². The first-order valence-corrected chi connectivity index (χ1v) is 3.19. The van der Waals surface area contributed by atoms with E-state index in [2.05, 4.69) is 4.84 Å². The highest BCUT2D eigenvalue weighted by atomic mass is 16.9. The van der Waals surface area contributed by atoms with Gasteiger partial charge in [0.2, 0.25) is 0 Å². The van der Waals surface area contributed by atoms with Crippen molar-refractivity contribution in [2.24, 2.45) is 0 Å². The molecule has 4 nitrogen and oxygen atoms in total. The predicted molar refractivity (Wildman–Crippen MR) is 37.0 cm³/mol. The standard InChI is InChI=1S/C6H11NO3/c1-2-3-4-5-6-10-7(8)9/h4-5H,2-3,6H2,1H3. The van der Waals surface area contributed by atoms with Crippen molar-refractivity contribution >= 4 is 0 Å². The van der Waals surface area contributed by atoms with E-state index in [9.17, 15) is 10.1 Å². The van der Waals surface area contributed by atoms with Gasteiger partial charge in [-0.15, -0.1) is 10.1 Å². The lowest BCUT2D eigenvalue weighted by Gasteiger charge is -1.89. The molecule has 0 saturated carbocycles. The number of allylic oxidation sites excluding steroid dienone is 1. The Balaban J connectivity index is 3.10. The summed E-state index contributed by atoms with van der Waals surface area (Å²) < 4.78 is 0. The predicted octanol–water partition coefficient (Wildman–Crippen LogP) is 1.55. The van der Waals surface area contributed by atoms with Crippen molar-refractivity contribution in [1.82, 2.24) is 0 Å². The lowest BCUT2D eigenvalue weighted by Crippen LogP contribution is -1.99. The largest absolute Gasteiger partial charge is 0.310 e. The smallest absolute Gasteiger partial charge is 0.294 e. The molecule has 0 aromatic heterocycles. The monoisotopic (exact) mass is 145 g/mol. The summed E-state index contributed by atoms with van der Waals surface area (Å²) in [6.07, 6.45) is 5.51. The van der Waals surface area contributed by atoms with Crippen LogP contribution in [0.2, 0.25) is 0 Å². The van der Waals surface area contributed by atoms with E-state index in [1.54, 1.807) is 6.08 Å². The third kappa shape index (κ3) is 6.94. The van der Waals surface area contributed by atoms with E-state index in [-0.39, 0.29) is 6.61 Å². The summed E-state index contributed by atoms with van der Waals surface area (Å²) in [5.41, 5.74) is 0. The lowest BCUT2D eigenvalue weighted by molar-refractivity contribution is -0.755. The van der Waals surface area contributed by atoms with E-state index in [4.69, 9.17) is 0 Å². The van der Waals surface area contributed by atoms with Gasteiger partial charge in [-0.25, -0.2) is 0 Å². The summed E-state index contributed by atoms with van der Waals surface area (Å²) in [6, 6.07) is 0. The van der Waals surface area contributed by atoms with Crippen molar-refractivity contribution in [2.45, 2.75) is 19.8 Å². The molecule has 58 valence electrons. The van der Waals surface area contributed by atoms with E-state index in [0.29, 0.717) is 0 Å². The first kappa shape index (κ1) is 8.94. The van der Waals surface area contributed by atoms with Crippen LogP contribution in [0.25, 0.3) is 0 Å². The highest BCUT2D eigenvalue weighted by molar-refractivity contribution is 4.79. The summed E-state index contributed by atoms with van der Waals surface area (Å²) in [5.74, 6) is 0. The Bertz CT molecular complexity index is 122. The van der Waals surface area contributed by atoms with Gasteiger partial charge in [-0.2, -0.15) is 0 Å². The zero-order valence-electron chi connectivity index (χ0n) is 5.95. The van der Waals surface area contributed by atoms with Crippen LogP contribution < -0.4 is 0 Å². The zero-order valence-corrected chi connectivity index (χ0v) is 5.95. The molecular weight excluding hydrogens is 134 g/mol. The van der Waals surface area contributed by atoms with Gasteiger partial charge in [-0.05, 0) is 6.42 Å². The fourth-order valence-corrected chi connectivity index (χ4v) is 0.456. The van der Waals surface area contributed by atoms with E-state index >= 15 is 0 Å². The molecule has 0 aromatic rings. The van der Waals surface area contributed by atoms with E-state index in [1.165, 1.54) is 0 Å². The van der Waals surface area contributed by atoms with Crippen LogP contribution in [0.4, 0.5) is 0 Å². The van der Waals surface area contributed by atoms with Crippen molar-refractivity contribution in [1.29, 1.82) is 0 Å². The van der Waals surface area contributed by atoms with Crippen LogP contribution >= 0.6 is 0 Å². The van der Waals surface area contributed by atoms with Gasteiger partial charge >= 0.3 is 0 Å². The Hall–Kier alpha value is -1.06. The Morgan fingerprint density at radius 1 is 1.60 bits per heavy atom. The van der Waals surface area contributed by atoms with Gasteiger partial charge < -0.3 is 4.84 Å². The number of nitrogens with zero attached hydrogens (tertiary/aromatic N) is 1. The SMILES string of the molecule is CCCC=CCO[N+](=O)[O-]. The molecule has 0 spiro atoms. The molecule has 0 unspecified atom stereocenters. The molecule has 0 aliphatic heterocycles. The normalized spacial score (nSPS) is 10.1. The minimum absolute atomic E-state index is 0.0625. The number of unbranched alkanes of at least 4 members (excludes halogenated alkanes) is 1. The van der Waals surface area contributed by atoms with Crippen LogP contribution in [0, 0.1) is 10.1 Å². The number of hydrogen-bond donors (Lipinski definition) is 0. The summed E-state index contributed by atoms with van der Waals surface area (Å²) >= 11 is 0. The number of rotatable bonds is 5. The third-order valence-corrected chi connectivity index (χ3v) is 0.898. The average Bonchev–Trinajstić information content (AvgIpc) is 1.87. The van der Waals surface area contributed by atoms with E-state index < -0.39 is 5.09 Å². The second-order valence-corrected chi connectivity index (χ2v) is 1.78. The van der Waals surface area contributed by atoms with Gasteiger partial charge in [0, 0.05) is 0 Å². The molecule has 4 heteroatoms. The molecule has 0 fully saturated rings. The maximum atomic E-state index is 9.58. The summed E-state index contributed by atoms with van der Waals surface area (Å²) in [6.45, 7) is 2.10. The highest BCUT2D eigenvalue weighted by Crippen LogP contribution is 1.88. The van der Waals surface area contributed by atoms with E-state index in [1.807, 2.05) is 13.0 Å². The van der Waals surface area contributed by atoms with Gasteiger partial charge in [0.25, 0.3) is 5.09 Å². The Kier molecular flexibility index (Phi) is 5.42. The maximum absolute atomic E-state index is 9.58. The maximum Gasteiger partial charge on any atom is 0.294 e. The van der Waals surface area contributed by atoms with Gasteiger partial charge in [0.15, 0.2) is 0 Å². The van der Waals surface area contributed by atoms with Crippen molar-refractivity contribution in [2.75, 3.05) is 6.61 Å². The molecule has 10 heavy (non-hydrogen) atoms. The van der Waals surface area contributed by atoms with Crippen LogP contribution in [0.3, 0.4) is 0 Å². The minimum atomic E-state index is -0.795. The second-order valence-electron chi connectivity index (χ2n) is 1.78. The van der Waals surface area contributed by atoms with Crippen LogP contribution in [0.1, 0.15) is 19.8 Å². The molecule has 0 radical (unpaired) electrons. The van der Waals surface area contributed by atoms with Gasteiger partial charge in [-0.3, -0.25) is 0 Å². The van der Waals surface area contributed by atoms with E-state index in [0.717, 1.165) is 12.8 Å².